The number of aliphatic hydroxyl groups excluding tert-OH is 1. The third-order valence-corrected chi connectivity index (χ3v) is 2.69. The summed E-state index contributed by atoms with van der Waals surface area (Å²) in [7, 11) is 1.61. The van der Waals surface area contributed by atoms with Crippen LogP contribution in [-0.4, -0.2) is 42.4 Å². The van der Waals surface area contributed by atoms with Crippen LogP contribution in [0.2, 0.25) is 0 Å². The highest BCUT2D eigenvalue weighted by atomic mass is 16.5. The molecule has 0 aromatic heterocycles. The van der Waals surface area contributed by atoms with E-state index in [1.165, 1.54) is 0 Å². The van der Waals surface area contributed by atoms with Crippen LogP contribution in [0, 0.1) is 0 Å². The van der Waals surface area contributed by atoms with Crippen LogP contribution in [0.3, 0.4) is 0 Å². The first-order chi connectivity index (χ1) is 7.31. The van der Waals surface area contributed by atoms with E-state index in [0.717, 1.165) is 6.42 Å². The molecule has 0 fully saturated rings. The van der Waals surface area contributed by atoms with E-state index in [1.54, 1.807) is 27.9 Å². The molecule has 0 bridgehead atoms. The number of amides is 1. The number of nitrogens with two attached hydrogens (primary N) is 1. The van der Waals surface area contributed by atoms with Gasteiger partial charge in [-0.05, 0) is 33.6 Å². The first-order valence-corrected chi connectivity index (χ1v) is 5.56. The average Bonchev–Trinajstić information content (AvgIpc) is 2.17. The van der Waals surface area contributed by atoms with Crippen LogP contribution in [0.4, 0.5) is 0 Å². The molecule has 0 saturated heterocycles. The van der Waals surface area contributed by atoms with Gasteiger partial charge in [0.25, 0.3) is 0 Å². The second-order valence-electron chi connectivity index (χ2n) is 4.63. The van der Waals surface area contributed by atoms with E-state index >= 15 is 0 Å². The number of aliphatic hydroxyl groups is 1. The van der Waals surface area contributed by atoms with Crippen molar-refractivity contribution in [2.45, 2.75) is 51.3 Å². The van der Waals surface area contributed by atoms with Crippen LogP contribution in [-0.2, 0) is 9.53 Å². The Hall–Kier alpha value is -0.650. The molecule has 0 radical (unpaired) electrons. The predicted molar refractivity (Wildman–Crippen MR) is 63.0 cm³/mol. The van der Waals surface area contributed by atoms with Crippen LogP contribution in [0.25, 0.3) is 0 Å². The Bertz CT molecular complexity index is 217. The van der Waals surface area contributed by atoms with Crippen molar-refractivity contribution >= 4 is 5.91 Å². The minimum Gasteiger partial charge on any atom is -0.391 e. The molecule has 0 aliphatic heterocycles. The Morgan fingerprint density at radius 1 is 1.56 bits per heavy atom. The normalized spacial score (nSPS) is 15.6. The summed E-state index contributed by atoms with van der Waals surface area (Å²) in [6, 6.07) is -0.548. The van der Waals surface area contributed by atoms with E-state index in [-0.39, 0.29) is 5.91 Å². The van der Waals surface area contributed by atoms with Gasteiger partial charge in [-0.25, -0.2) is 0 Å². The number of carbonyl (C=O) groups excluding carboxylic acids is 1. The van der Waals surface area contributed by atoms with Crippen LogP contribution < -0.4 is 11.1 Å². The summed E-state index contributed by atoms with van der Waals surface area (Å²) in [5.74, 6) is -0.234. The van der Waals surface area contributed by atoms with Crippen molar-refractivity contribution in [1.29, 1.82) is 0 Å². The predicted octanol–water partition coefficient (Wildman–Crippen LogP) is 0.0159. The van der Waals surface area contributed by atoms with Gasteiger partial charge in [0.1, 0.15) is 0 Å². The average molecular weight is 232 g/mol. The Morgan fingerprint density at radius 2 is 2.12 bits per heavy atom. The van der Waals surface area contributed by atoms with Gasteiger partial charge in [-0.3, -0.25) is 4.79 Å². The lowest BCUT2D eigenvalue weighted by Gasteiger charge is -2.30. The molecule has 0 heterocycles. The highest BCUT2D eigenvalue weighted by molar-refractivity contribution is 5.82. The summed E-state index contributed by atoms with van der Waals surface area (Å²) in [6.07, 6.45) is 0.707. The smallest absolute Gasteiger partial charge is 0.237 e. The maximum absolute atomic E-state index is 11.7. The number of ether oxygens (including phenoxy) is 1. The number of rotatable bonds is 7. The van der Waals surface area contributed by atoms with E-state index in [9.17, 15) is 9.90 Å². The van der Waals surface area contributed by atoms with Gasteiger partial charge in [0.05, 0.1) is 17.7 Å². The van der Waals surface area contributed by atoms with E-state index in [1.807, 2.05) is 0 Å². The largest absolute Gasteiger partial charge is 0.391 e. The summed E-state index contributed by atoms with van der Waals surface area (Å²) >= 11 is 0. The lowest BCUT2D eigenvalue weighted by Crippen LogP contribution is -2.55. The van der Waals surface area contributed by atoms with E-state index in [0.29, 0.717) is 13.0 Å². The van der Waals surface area contributed by atoms with Gasteiger partial charge >= 0.3 is 0 Å². The third-order valence-electron chi connectivity index (χ3n) is 2.69. The monoisotopic (exact) mass is 232 g/mol. The van der Waals surface area contributed by atoms with Crippen molar-refractivity contribution in [2.24, 2.45) is 5.73 Å². The fraction of sp³-hybridized carbons (Fsp3) is 0.909. The molecule has 96 valence electrons. The van der Waals surface area contributed by atoms with Gasteiger partial charge in [-0.1, -0.05) is 0 Å². The topological polar surface area (TPSA) is 84.6 Å². The zero-order valence-corrected chi connectivity index (χ0v) is 10.6. The zero-order valence-electron chi connectivity index (χ0n) is 10.6. The Kier molecular flexibility index (Phi) is 6.55. The molecule has 0 spiro atoms. The quantitative estimate of drug-likeness (QED) is 0.540. The van der Waals surface area contributed by atoms with Gasteiger partial charge < -0.3 is 20.9 Å². The molecule has 0 aromatic rings. The molecule has 5 nitrogen and oxygen atoms in total. The molecular formula is C11H24N2O3. The van der Waals surface area contributed by atoms with Gasteiger partial charge in [-0.15, -0.1) is 0 Å². The molecule has 0 saturated carbocycles. The van der Waals surface area contributed by atoms with Crippen LogP contribution in [0.5, 0.6) is 0 Å². The lowest BCUT2D eigenvalue weighted by atomic mass is 9.98. The molecule has 0 aliphatic carbocycles. The minimum atomic E-state index is -0.657. The SMILES string of the molecule is COCCCC(N)C(=O)NC(C)(C)C(C)O. The highest BCUT2D eigenvalue weighted by Gasteiger charge is 2.27. The summed E-state index contributed by atoms with van der Waals surface area (Å²) < 4.78 is 4.88. The number of hydrogen-bond donors (Lipinski definition) is 3. The number of nitrogens with one attached hydrogen (secondary N) is 1. The Balaban J connectivity index is 4.05. The van der Waals surface area contributed by atoms with Gasteiger partial charge in [0.2, 0.25) is 5.91 Å². The lowest BCUT2D eigenvalue weighted by molar-refractivity contribution is -0.125. The van der Waals surface area contributed by atoms with Crippen LogP contribution in [0.15, 0.2) is 0 Å². The van der Waals surface area contributed by atoms with Crippen molar-refractivity contribution in [3.05, 3.63) is 0 Å². The maximum Gasteiger partial charge on any atom is 0.237 e. The van der Waals surface area contributed by atoms with Crippen molar-refractivity contribution in [2.75, 3.05) is 13.7 Å². The Labute approximate surface area is 97.3 Å². The molecule has 16 heavy (non-hydrogen) atoms. The first-order valence-electron chi connectivity index (χ1n) is 5.56. The van der Waals surface area contributed by atoms with Crippen molar-refractivity contribution in [1.82, 2.24) is 5.32 Å². The standard InChI is InChI=1S/C11H24N2O3/c1-8(14)11(2,3)13-10(15)9(12)6-5-7-16-4/h8-9,14H,5-7,12H2,1-4H3,(H,13,15). The van der Waals surface area contributed by atoms with Crippen LogP contribution in [0.1, 0.15) is 33.6 Å². The molecular weight excluding hydrogens is 208 g/mol. The van der Waals surface area contributed by atoms with Gasteiger partial charge in [0.15, 0.2) is 0 Å². The van der Waals surface area contributed by atoms with Crippen molar-refractivity contribution in [3.63, 3.8) is 0 Å². The van der Waals surface area contributed by atoms with E-state index < -0.39 is 17.7 Å². The summed E-state index contributed by atoms with van der Waals surface area (Å²) in [5.41, 5.74) is 5.06. The number of hydrogen-bond acceptors (Lipinski definition) is 4. The molecule has 1 amide bonds. The molecule has 2 atom stereocenters. The molecule has 0 aliphatic rings. The zero-order chi connectivity index (χ0) is 12.8. The van der Waals surface area contributed by atoms with Gasteiger partial charge in [-0.2, -0.15) is 0 Å². The molecule has 2 unspecified atom stereocenters. The fourth-order valence-corrected chi connectivity index (χ4v) is 1.09. The number of carbonyl (C=O) groups is 1. The summed E-state index contributed by atoms with van der Waals surface area (Å²) in [5, 5.41) is 12.2. The second kappa shape index (κ2) is 6.83. The number of methoxy groups -OCH3 is 1. The summed E-state index contributed by atoms with van der Waals surface area (Å²) in [6.45, 7) is 5.76. The third kappa shape index (κ3) is 5.44. The minimum absolute atomic E-state index is 0.234. The van der Waals surface area contributed by atoms with Crippen molar-refractivity contribution in [3.8, 4) is 0 Å². The summed E-state index contributed by atoms with van der Waals surface area (Å²) in [4.78, 5) is 11.7. The molecule has 0 aromatic carbocycles. The molecule has 4 N–H and O–H groups in total. The first kappa shape index (κ1) is 15.3. The van der Waals surface area contributed by atoms with E-state index in [2.05, 4.69) is 5.32 Å². The fourth-order valence-electron chi connectivity index (χ4n) is 1.09. The van der Waals surface area contributed by atoms with Gasteiger partial charge in [0, 0.05) is 13.7 Å². The van der Waals surface area contributed by atoms with E-state index in [4.69, 9.17) is 10.5 Å². The highest BCUT2D eigenvalue weighted by Crippen LogP contribution is 2.09. The van der Waals surface area contributed by atoms with Crippen LogP contribution >= 0.6 is 0 Å². The second-order valence-corrected chi connectivity index (χ2v) is 4.63. The maximum atomic E-state index is 11.7. The molecule has 5 heteroatoms. The van der Waals surface area contributed by atoms with Crippen molar-refractivity contribution < 1.29 is 14.6 Å². The molecule has 0 rings (SSSR count). The Morgan fingerprint density at radius 3 is 2.56 bits per heavy atom.